The van der Waals surface area contributed by atoms with E-state index in [1.807, 2.05) is 6.92 Å². The van der Waals surface area contributed by atoms with Crippen molar-refractivity contribution in [1.82, 2.24) is 14.9 Å². The number of rotatable bonds is 3. The van der Waals surface area contributed by atoms with E-state index in [2.05, 4.69) is 4.28 Å². The number of urea groups is 1. The summed E-state index contributed by atoms with van der Waals surface area (Å²) >= 11 is 0. The molecular weight excluding hydrogens is 302 g/mol. The molecule has 9 nitrogen and oxygen atoms in total. The number of carbonyl (C=O) groups excluding carboxylic acids is 2. The van der Waals surface area contributed by atoms with Crippen LogP contribution in [-0.2, 0) is 19.5 Å². The van der Waals surface area contributed by atoms with E-state index < -0.39 is 28.5 Å². The van der Waals surface area contributed by atoms with Gasteiger partial charge in [-0.15, -0.1) is 0 Å². The van der Waals surface area contributed by atoms with Crippen LogP contribution in [0.25, 0.3) is 0 Å². The average Bonchev–Trinajstić information content (AvgIpc) is 2.80. The van der Waals surface area contributed by atoms with Crippen LogP contribution in [-0.4, -0.2) is 71.5 Å². The van der Waals surface area contributed by atoms with Gasteiger partial charge in [-0.1, -0.05) is 7.43 Å². The molecule has 3 aliphatic rings. The molecule has 0 spiro atoms. The maximum absolute atomic E-state index is 12.2. The van der Waals surface area contributed by atoms with Gasteiger partial charge < -0.3 is 14.4 Å². The van der Waals surface area contributed by atoms with Crippen LogP contribution in [0.5, 0.6) is 0 Å². The maximum atomic E-state index is 12.2. The van der Waals surface area contributed by atoms with Crippen molar-refractivity contribution >= 4 is 22.3 Å². The molecule has 3 saturated heterocycles. The zero-order valence-corrected chi connectivity index (χ0v) is 11.6. The number of hydroxylamine groups is 2. The van der Waals surface area contributed by atoms with Gasteiger partial charge in [0.1, 0.15) is 6.04 Å². The summed E-state index contributed by atoms with van der Waals surface area (Å²) in [4.78, 5) is 27.3. The van der Waals surface area contributed by atoms with E-state index in [1.54, 1.807) is 4.90 Å². The second kappa shape index (κ2) is 5.11. The fraction of sp³-hybridized carbons (Fsp3) is 0.818. The Hall–Kier alpha value is -1.39. The molecule has 3 amide bonds. The molecule has 0 saturated carbocycles. The summed E-state index contributed by atoms with van der Waals surface area (Å²) in [5.41, 5.74) is 0. The van der Waals surface area contributed by atoms with Crippen molar-refractivity contribution in [3.63, 3.8) is 0 Å². The van der Waals surface area contributed by atoms with E-state index in [1.165, 1.54) is 4.90 Å². The summed E-state index contributed by atoms with van der Waals surface area (Å²) < 4.78 is 36.2. The molecular formula is C11H18N3O6S-. The zero-order valence-electron chi connectivity index (χ0n) is 10.8. The van der Waals surface area contributed by atoms with E-state index in [0.29, 0.717) is 24.6 Å². The van der Waals surface area contributed by atoms with Crippen LogP contribution in [0.1, 0.15) is 20.8 Å². The number of nitrogens with zero attached hydrogens (tertiary/aromatic N) is 3. The third-order valence-electron chi connectivity index (χ3n) is 4.10. The first-order valence-electron chi connectivity index (χ1n) is 6.36. The molecule has 3 rings (SSSR count). The molecule has 3 atom stereocenters. The molecule has 3 fully saturated rings. The van der Waals surface area contributed by atoms with E-state index >= 15 is 0 Å². The molecule has 0 N–H and O–H groups in total. The summed E-state index contributed by atoms with van der Waals surface area (Å²) in [5.74, 6) is -0.177. The largest absolute Gasteiger partial charge is 0.724 e. The summed E-state index contributed by atoms with van der Waals surface area (Å²) in [5, 5.41) is 0.601. The van der Waals surface area contributed by atoms with Crippen molar-refractivity contribution in [2.75, 3.05) is 19.6 Å². The van der Waals surface area contributed by atoms with Crippen molar-refractivity contribution in [1.29, 1.82) is 0 Å². The van der Waals surface area contributed by atoms with Crippen LogP contribution in [0.4, 0.5) is 4.79 Å². The monoisotopic (exact) mass is 320 g/mol. The Morgan fingerprint density at radius 1 is 1.33 bits per heavy atom. The molecule has 0 radical (unpaired) electrons. The van der Waals surface area contributed by atoms with Gasteiger partial charge in [0.05, 0.1) is 6.04 Å². The molecule has 0 unspecified atom stereocenters. The number of carbonyl (C=O) groups is 2. The molecule has 0 aliphatic carbocycles. The molecule has 3 heterocycles. The number of fused-ring (bicyclic) bond motifs is 4. The van der Waals surface area contributed by atoms with Crippen molar-refractivity contribution < 1.29 is 26.8 Å². The number of amides is 3. The number of likely N-dealkylation sites (tertiary alicyclic amines) is 1. The SMILES string of the molecule is C.CCN1C[C@@H]2C[C@@H]3CN(C(=O)N3OS(=O)(=O)[O-])[C@@H]2C1=O. The summed E-state index contributed by atoms with van der Waals surface area (Å²) in [6, 6.07) is -1.80. The highest BCUT2D eigenvalue weighted by atomic mass is 32.3. The first-order valence-corrected chi connectivity index (χ1v) is 7.69. The Morgan fingerprint density at radius 3 is 2.57 bits per heavy atom. The minimum absolute atomic E-state index is 0. The van der Waals surface area contributed by atoms with Gasteiger partial charge in [0.15, 0.2) is 0 Å². The van der Waals surface area contributed by atoms with Crippen molar-refractivity contribution in [2.45, 2.75) is 32.9 Å². The van der Waals surface area contributed by atoms with Gasteiger partial charge in [-0.2, -0.15) is 9.35 Å². The third kappa shape index (κ3) is 2.47. The lowest BCUT2D eigenvalue weighted by molar-refractivity contribution is -0.131. The predicted octanol–water partition coefficient (Wildman–Crippen LogP) is -0.629. The van der Waals surface area contributed by atoms with E-state index in [4.69, 9.17) is 0 Å². The third-order valence-corrected chi connectivity index (χ3v) is 4.45. The Kier molecular flexibility index (Phi) is 3.89. The van der Waals surface area contributed by atoms with Gasteiger partial charge in [-0.05, 0) is 13.3 Å². The van der Waals surface area contributed by atoms with E-state index in [-0.39, 0.29) is 25.8 Å². The Bertz CT molecular complexity index is 564. The fourth-order valence-electron chi connectivity index (χ4n) is 3.34. The lowest BCUT2D eigenvalue weighted by atomic mass is 9.91. The van der Waals surface area contributed by atoms with Crippen LogP contribution in [0, 0.1) is 5.92 Å². The number of hydrogen-bond acceptors (Lipinski definition) is 6. The number of piperidine rings is 1. The highest BCUT2D eigenvalue weighted by Crippen LogP contribution is 2.38. The smallest absolute Gasteiger partial charge is 0.346 e. The minimum Gasteiger partial charge on any atom is -0.724 e. The highest BCUT2D eigenvalue weighted by molar-refractivity contribution is 7.80. The van der Waals surface area contributed by atoms with Gasteiger partial charge >= 0.3 is 6.03 Å². The second-order valence-electron chi connectivity index (χ2n) is 5.21. The molecule has 0 aromatic carbocycles. The zero-order chi connectivity index (χ0) is 14.7. The van der Waals surface area contributed by atoms with Crippen LogP contribution in [0.3, 0.4) is 0 Å². The Morgan fingerprint density at radius 2 is 2.00 bits per heavy atom. The maximum Gasteiger partial charge on any atom is 0.346 e. The standard InChI is InChI=1S/C10H15N3O6S.CH4/c1-2-11-4-6-3-7-5-12(8(6)9(11)14)10(15)13(7)19-20(16,17)18;/h6-8H,2-5H2,1H3,(H,16,17,18);1H4/p-1/t6-,7+,8-;/m0./s1. The van der Waals surface area contributed by atoms with Crippen molar-refractivity contribution in [2.24, 2.45) is 5.92 Å². The lowest BCUT2D eigenvalue weighted by Gasteiger charge is -2.30. The minimum atomic E-state index is -5.00. The second-order valence-corrected chi connectivity index (χ2v) is 6.18. The average molecular weight is 320 g/mol. The first kappa shape index (κ1) is 16.0. The van der Waals surface area contributed by atoms with E-state index in [0.717, 1.165) is 0 Å². The van der Waals surface area contributed by atoms with Crippen molar-refractivity contribution in [3.05, 3.63) is 0 Å². The van der Waals surface area contributed by atoms with E-state index in [9.17, 15) is 22.6 Å². The molecule has 0 aromatic rings. The highest BCUT2D eigenvalue weighted by Gasteiger charge is 2.56. The van der Waals surface area contributed by atoms with Crippen LogP contribution in [0.2, 0.25) is 0 Å². The van der Waals surface area contributed by atoms with Crippen LogP contribution < -0.4 is 0 Å². The fourth-order valence-corrected chi connectivity index (χ4v) is 3.73. The van der Waals surface area contributed by atoms with Crippen LogP contribution >= 0.6 is 0 Å². The van der Waals surface area contributed by atoms with Crippen molar-refractivity contribution in [3.8, 4) is 0 Å². The molecule has 10 heteroatoms. The van der Waals surface area contributed by atoms with Gasteiger partial charge in [0.2, 0.25) is 16.3 Å². The molecule has 120 valence electrons. The molecule has 21 heavy (non-hydrogen) atoms. The predicted molar refractivity (Wildman–Crippen MR) is 69.4 cm³/mol. The lowest BCUT2D eigenvalue weighted by Crippen LogP contribution is -2.48. The first-order chi connectivity index (χ1) is 9.31. The van der Waals surface area contributed by atoms with Gasteiger partial charge in [-0.25, -0.2) is 13.2 Å². The quantitative estimate of drug-likeness (QED) is 0.506. The van der Waals surface area contributed by atoms with Gasteiger partial charge in [0, 0.05) is 25.6 Å². The topological polar surface area (TPSA) is 110 Å². The number of likely N-dealkylation sites (N-methyl/N-ethyl adjacent to an activating group) is 1. The normalized spacial score (nSPS) is 31.5. The Labute approximate surface area is 123 Å². The molecule has 2 bridgehead atoms. The Balaban J connectivity index is 0.00000161. The molecule has 3 aliphatic heterocycles. The number of hydrogen-bond donors (Lipinski definition) is 0. The van der Waals surface area contributed by atoms with Crippen LogP contribution in [0.15, 0.2) is 0 Å². The summed E-state index contributed by atoms with van der Waals surface area (Å²) in [7, 11) is -5.00. The summed E-state index contributed by atoms with van der Waals surface area (Å²) in [6.07, 6.45) is 0.449. The van der Waals surface area contributed by atoms with Gasteiger partial charge in [-0.3, -0.25) is 4.79 Å². The molecule has 0 aromatic heterocycles. The van der Waals surface area contributed by atoms with Gasteiger partial charge in [0.25, 0.3) is 0 Å². The summed E-state index contributed by atoms with van der Waals surface area (Å²) in [6.45, 7) is 3.19.